The number of hydrogen-bond acceptors (Lipinski definition) is 2. The van der Waals surface area contributed by atoms with Gasteiger partial charge in [0.15, 0.2) is 0 Å². The fraction of sp³-hybridized carbons (Fsp3) is 0.176. The monoisotopic (exact) mass is 345 g/mol. The van der Waals surface area contributed by atoms with E-state index in [9.17, 15) is 0 Å². The first kappa shape index (κ1) is 13.8. The molecule has 0 aliphatic heterocycles. The summed E-state index contributed by atoms with van der Waals surface area (Å²) in [5.41, 5.74) is 1.40. The highest BCUT2D eigenvalue weighted by atomic mass is 79.9. The van der Waals surface area contributed by atoms with Crippen LogP contribution in [0.4, 0.5) is 0 Å². The molecule has 0 bridgehead atoms. The molecule has 102 valence electrons. The molecule has 0 aliphatic rings. The molecular formula is C17H16BrNS. The molecule has 20 heavy (non-hydrogen) atoms. The van der Waals surface area contributed by atoms with Crippen molar-refractivity contribution in [1.29, 1.82) is 0 Å². The molecule has 0 saturated carbocycles. The second-order valence-electron chi connectivity index (χ2n) is 4.83. The predicted molar refractivity (Wildman–Crippen MR) is 91.5 cm³/mol. The van der Waals surface area contributed by atoms with Crippen molar-refractivity contribution < 1.29 is 0 Å². The van der Waals surface area contributed by atoms with Crippen molar-refractivity contribution in [3.63, 3.8) is 0 Å². The summed E-state index contributed by atoms with van der Waals surface area (Å²) in [7, 11) is 2.03. The van der Waals surface area contributed by atoms with Gasteiger partial charge in [0.2, 0.25) is 0 Å². The van der Waals surface area contributed by atoms with Crippen LogP contribution in [-0.2, 0) is 6.42 Å². The quantitative estimate of drug-likeness (QED) is 0.687. The van der Waals surface area contributed by atoms with Gasteiger partial charge in [-0.1, -0.05) is 42.5 Å². The smallest absolute Gasteiger partial charge is 0.0701 e. The maximum Gasteiger partial charge on any atom is 0.0701 e. The number of rotatable bonds is 4. The molecule has 0 spiro atoms. The van der Waals surface area contributed by atoms with Crippen LogP contribution in [-0.4, -0.2) is 7.05 Å². The molecule has 0 amide bonds. The molecule has 0 aliphatic carbocycles. The van der Waals surface area contributed by atoms with E-state index in [0.29, 0.717) is 6.04 Å². The van der Waals surface area contributed by atoms with Crippen LogP contribution in [0.3, 0.4) is 0 Å². The first-order valence-electron chi connectivity index (χ1n) is 6.67. The van der Waals surface area contributed by atoms with E-state index >= 15 is 0 Å². The van der Waals surface area contributed by atoms with Gasteiger partial charge in [0.05, 0.1) is 3.79 Å². The zero-order valence-electron chi connectivity index (χ0n) is 11.3. The van der Waals surface area contributed by atoms with Crippen molar-refractivity contribution in [2.45, 2.75) is 12.5 Å². The Balaban J connectivity index is 1.95. The van der Waals surface area contributed by atoms with Crippen molar-refractivity contribution in [2.75, 3.05) is 7.05 Å². The molecule has 1 N–H and O–H groups in total. The predicted octanol–water partition coefficient (Wildman–Crippen LogP) is 5.17. The molecule has 3 heteroatoms. The van der Waals surface area contributed by atoms with Crippen LogP contribution < -0.4 is 5.32 Å². The van der Waals surface area contributed by atoms with Crippen LogP contribution in [0, 0.1) is 0 Å². The zero-order chi connectivity index (χ0) is 13.9. The lowest BCUT2D eigenvalue weighted by atomic mass is 9.98. The first-order chi connectivity index (χ1) is 9.78. The van der Waals surface area contributed by atoms with Gasteiger partial charge < -0.3 is 5.32 Å². The molecule has 0 radical (unpaired) electrons. The summed E-state index contributed by atoms with van der Waals surface area (Å²) < 4.78 is 1.19. The van der Waals surface area contributed by atoms with Crippen LogP contribution in [0.5, 0.6) is 0 Å². The number of likely N-dealkylation sites (N-methyl/N-ethyl adjacent to an activating group) is 1. The number of fused-ring (bicyclic) bond motifs is 1. The highest BCUT2D eigenvalue weighted by Gasteiger charge is 2.13. The zero-order valence-corrected chi connectivity index (χ0v) is 13.7. The fourth-order valence-electron chi connectivity index (χ4n) is 2.55. The average molecular weight is 346 g/mol. The lowest BCUT2D eigenvalue weighted by molar-refractivity contribution is 0.604. The normalized spacial score (nSPS) is 12.7. The van der Waals surface area contributed by atoms with Gasteiger partial charge in [0.1, 0.15) is 0 Å². The lowest BCUT2D eigenvalue weighted by Gasteiger charge is -2.16. The van der Waals surface area contributed by atoms with E-state index in [1.165, 1.54) is 25.0 Å². The standard InChI is InChI=1S/C17H16BrNS/c1-19-15(16-9-10-17(18)20-16)11-13-7-4-6-12-5-2-3-8-14(12)13/h2-10,15,19H,11H2,1H3. The summed E-state index contributed by atoms with van der Waals surface area (Å²) in [5, 5.41) is 6.10. The molecular weight excluding hydrogens is 330 g/mol. The minimum Gasteiger partial charge on any atom is -0.312 e. The van der Waals surface area contributed by atoms with E-state index in [1.54, 1.807) is 11.3 Å². The van der Waals surface area contributed by atoms with Gasteiger partial charge in [-0.2, -0.15) is 0 Å². The summed E-state index contributed by atoms with van der Waals surface area (Å²) in [4.78, 5) is 1.37. The molecule has 1 atom stereocenters. The molecule has 0 saturated heterocycles. The molecule has 3 rings (SSSR count). The number of benzene rings is 2. The molecule has 1 unspecified atom stereocenters. The van der Waals surface area contributed by atoms with Gasteiger partial charge >= 0.3 is 0 Å². The SMILES string of the molecule is CNC(Cc1cccc2ccccc12)c1ccc(Br)s1. The number of halogens is 1. The van der Waals surface area contributed by atoms with E-state index in [2.05, 4.69) is 75.8 Å². The van der Waals surface area contributed by atoms with Gasteiger partial charge in [-0.25, -0.2) is 0 Å². The minimum absolute atomic E-state index is 0.358. The van der Waals surface area contributed by atoms with Crippen molar-refractivity contribution in [3.8, 4) is 0 Å². The Morgan fingerprint density at radius 3 is 2.60 bits per heavy atom. The molecule has 3 aromatic rings. The summed E-state index contributed by atoms with van der Waals surface area (Å²) >= 11 is 5.34. The Bertz CT molecular complexity index is 714. The lowest BCUT2D eigenvalue weighted by Crippen LogP contribution is -2.17. The second-order valence-corrected chi connectivity index (χ2v) is 7.32. The third kappa shape index (κ3) is 2.80. The van der Waals surface area contributed by atoms with Crippen molar-refractivity contribution >= 4 is 38.0 Å². The molecule has 2 aromatic carbocycles. The van der Waals surface area contributed by atoms with E-state index < -0.39 is 0 Å². The topological polar surface area (TPSA) is 12.0 Å². The van der Waals surface area contributed by atoms with Crippen LogP contribution in [0.2, 0.25) is 0 Å². The number of thiophene rings is 1. The van der Waals surface area contributed by atoms with Crippen molar-refractivity contribution in [3.05, 3.63) is 68.8 Å². The Labute approximate surface area is 131 Å². The summed E-state index contributed by atoms with van der Waals surface area (Å²) in [6.45, 7) is 0. The minimum atomic E-state index is 0.358. The molecule has 1 heterocycles. The van der Waals surface area contributed by atoms with E-state index in [1.807, 2.05) is 7.05 Å². The first-order valence-corrected chi connectivity index (χ1v) is 8.28. The Kier molecular flexibility index (Phi) is 4.20. The molecule has 1 aromatic heterocycles. The third-order valence-electron chi connectivity index (χ3n) is 3.59. The van der Waals surface area contributed by atoms with E-state index in [0.717, 1.165) is 6.42 Å². The second kappa shape index (κ2) is 6.08. The van der Waals surface area contributed by atoms with Gasteiger partial charge in [0.25, 0.3) is 0 Å². The van der Waals surface area contributed by atoms with Crippen LogP contribution >= 0.6 is 27.3 Å². The number of hydrogen-bond donors (Lipinski definition) is 1. The van der Waals surface area contributed by atoms with Crippen molar-refractivity contribution in [1.82, 2.24) is 5.32 Å². The highest BCUT2D eigenvalue weighted by molar-refractivity contribution is 9.11. The molecule has 1 nitrogen and oxygen atoms in total. The number of nitrogens with one attached hydrogen (secondary N) is 1. The molecule has 0 fully saturated rings. The Hall–Kier alpha value is -1.16. The summed E-state index contributed by atoms with van der Waals surface area (Å²) in [6.07, 6.45) is 1.00. The van der Waals surface area contributed by atoms with Crippen molar-refractivity contribution in [2.24, 2.45) is 0 Å². The van der Waals surface area contributed by atoms with E-state index in [-0.39, 0.29) is 0 Å². The Morgan fingerprint density at radius 2 is 1.85 bits per heavy atom. The maximum atomic E-state index is 3.55. The maximum absolute atomic E-state index is 3.55. The average Bonchev–Trinajstić information content (AvgIpc) is 2.91. The van der Waals surface area contributed by atoms with Crippen LogP contribution in [0.1, 0.15) is 16.5 Å². The Morgan fingerprint density at radius 1 is 1.05 bits per heavy atom. The fourth-order valence-corrected chi connectivity index (χ4v) is 4.08. The highest BCUT2D eigenvalue weighted by Crippen LogP contribution is 2.30. The summed E-state index contributed by atoms with van der Waals surface area (Å²) in [5.74, 6) is 0. The van der Waals surface area contributed by atoms with Gasteiger partial charge in [-0.3, -0.25) is 0 Å². The van der Waals surface area contributed by atoms with Gasteiger partial charge in [-0.05, 0) is 57.9 Å². The van der Waals surface area contributed by atoms with Gasteiger partial charge in [-0.15, -0.1) is 11.3 Å². The van der Waals surface area contributed by atoms with Crippen LogP contribution in [0.25, 0.3) is 10.8 Å². The largest absolute Gasteiger partial charge is 0.312 e. The third-order valence-corrected chi connectivity index (χ3v) is 5.33. The van der Waals surface area contributed by atoms with E-state index in [4.69, 9.17) is 0 Å². The summed E-state index contributed by atoms with van der Waals surface area (Å²) in [6, 6.07) is 19.8. The van der Waals surface area contributed by atoms with Gasteiger partial charge in [0, 0.05) is 10.9 Å². The van der Waals surface area contributed by atoms with Crippen LogP contribution in [0.15, 0.2) is 58.4 Å².